The molecule has 0 aliphatic carbocycles. The van der Waals surface area contributed by atoms with Crippen LogP contribution in [0.15, 0.2) is 47.0 Å². The third kappa shape index (κ3) is 4.44. The van der Waals surface area contributed by atoms with Gasteiger partial charge in [0.25, 0.3) is 5.91 Å². The zero-order chi connectivity index (χ0) is 17.4. The van der Waals surface area contributed by atoms with Crippen molar-refractivity contribution >= 4 is 11.6 Å². The Morgan fingerprint density at radius 3 is 2.79 bits per heavy atom. The van der Waals surface area contributed by atoms with Crippen LogP contribution in [-0.4, -0.2) is 15.9 Å². The fourth-order valence-electron chi connectivity index (χ4n) is 2.01. The van der Waals surface area contributed by atoms with Crippen LogP contribution in [0.5, 0.6) is 0 Å². The van der Waals surface area contributed by atoms with Crippen LogP contribution >= 0.6 is 0 Å². The van der Waals surface area contributed by atoms with Gasteiger partial charge in [0.15, 0.2) is 0 Å². The molecule has 10 heteroatoms. The van der Waals surface area contributed by atoms with E-state index in [1.165, 1.54) is 12.3 Å². The number of nitrogens with one attached hydrogen (secondary N) is 1. The van der Waals surface area contributed by atoms with E-state index in [1.807, 2.05) is 0 Å². The van der Waals surface area contributed by atoms with E-state index in [1.54, 1.807) is 31.5 Å². The molecular formula is C14H13N9O. The Morgan fingerprint density at radius 1 is 1.29 bits per heavy atom. The van der Waals surface area contributed by atoms with Gasteiger partial charge in [-0.05, 0) is 41.7 Å². The fourth-order valence-corrected chi connectivity index (χ4v) is 2.01. The Balaban J connectivity index is 2.25. The normalized spacial score (nSPS) is 10.9. The summed E-state index contributed by atoms with van der Waals surface area (Å²) >= 11 is 0. The summed E-state index contributed by atoms with van der Waals surface area (Å²) < 4.78 is 0. The molecule has 1 aromatic heterocycles. The predicted molar refractivity (Wildman–Crippen MR) is 86.0 cm³/mol. The molecule has 0 bridgehead atoms. The Morgan fingerprint density at radius 2 is 2.12 bits per heavy atom. The summed E-state index contributed by atoms with van der Waals surface area (Å²) in [5.41, 5.74) is 18.7. The number of hydrogen-bond acceptors (Lipinski definition) is 5. The molecule has 2 rings (SSSR count). The topological polar surface area (TPSA) is 152 Å². The van der Waals surface area contributed by atoms with Crippen molar-refractivity contribution in [3.8, 4) is 0 Å². The summed E-state index contributed by atoms with van der Waals surface area (Å²) in [6, 6.07) is 4.23. The predicted octanol–water partition coefficient (Wildman–Crippen LogP) is 3.72. The van der Waals surface area contributed by atoms with Crippen LogP contribution < -0.4 is 5.32 Å². The van der Waals surface area contributed by atoms with Gasteiger partial charge in [0, 0.05) is 33.5 Å². The summed E-state index contributed by atoms with van der Waals surface area (Å²) in [6.07, 6.45) is 4.65. The molecule has 0 fully saturated rings. The zero-order valence-electron chi connectivity index (χ0n) is 12.7. The Bertz CT molecular complexity index is 823. The second kappa shape index (κ2) is 8.14. The summed E-state index contributed by atoms with van der Waals surface area (Å²) in [5.74, 6) is -0.370. The Labute approximate surface area is 136 Å². The van der Waals surface area contributed by atoms with Gasteiger partial charge < -0.3 is 5.32 Å². The first kappa shape index (κ1) is 16.8. The maximum Gasteiger partial charge on any atom is 0.251 e. The molecule has 1 atom stereocenters. The molecule has 0 aliphatic rings. The second-order valence-electron chi connectivity index (χ2n) is 4.79. The molecule has 2 aromatic rings. The number of aromatic nitrogens is 2. The molecule has 0 radical (unpaired) electrons. The van der Waals surface area contributed by atoms with Crippen LogP contribution in [0, 0.1) is 0 Å². The van der Waals surface area contributed by atoms with Gasteiger partial charge >= 0.3 is 0 Å². The van der Waals surface area contributed by atoms with Crippen LogP contribution in [-0.2, 0) is 6.54 Å². The van der Waals surface area contributed by atoms with Gasteiger partial charge in [0.2, 0.25) is 0 Å². The van der Waals surface area contributed by atoms with E-state index in [9.17, 15) is 4.79 Å². The lowest BCUT2D eigenvalue weighted by molar-refractivity contribution is 0.0939. The lowest BCUT2D eigenvalue weighted by Gasteiger charge is -2.13. The number of carbonyl (C=O) groups is 1. The molecular weight excluding hydrogens is 310 g/mol. The largest absolute Gasteiger partial charge is 0.344 e. The van der Waals surface area contributed by atoms with Gasteiger partial charge in [0.05, 0.1) is 24.5 Å². The van der Waals surface area contributed by atoms with Crippen LogP contribution in [0.1, 0.15) is 34.6 Å². The van der Waals surface area contributed by atoms with Gasteiger partial charge in [-0.2, -0.15) is 0 Å². The van der Waals surface area contributed by atoms with Crippen molar-refractivity contribution in [3.05, 3.63) is 74.5 Å². The summed E-state index contributed by atoms with van der Waals surface area (Å²) in [4.78, 5) is 25.9. The molecule has 120 valence electrons. The molecule has 0 unspecified atom stereocenters. The van der Waals surface area contributed by atoms with Crippen molar-refractivity contribution in [2.75, 3.05) is 0 Å². The quantitative estimate of drug-likeness (QED) is 0.489. The van der Waals surface area contributed by atoms with Gasteiger partial charge in [-0.25, -0.2) is 0 Å². The molecule has 0 aliphatic heterocycles. The highest BCUT2D eigenvalue weighted by atomic mass is 16.1. The van der Waals surface area contributed by atoms with Crippen molar-refractivity contribution in [3.63, 3.8) is 0 Å². The van der Waals surface area contributed by atoms with E-state index >= 15 is 0 Å². The van der Waals surface area contributed by atoms with Crippen molar-refractivity contribution in [2.24, 2.45) is 10.2 Å². The van der Waals surface area contributed by atoms with E-state index < -0.39 is 0 Å². The monoisotopic (exact) mass is 323 g/mol. The minimum Gasteiger partial charge on any atom is -0.344 e. The molecule has 1 amide bonds. The van der Waals surface area contributed by atoms with Crippen LogP contribution in [0.2, 0.25) is 0 Å². The first-order valence-electron chi connectivity index (χ1n) is 6.90. The van der Waals surface area contributed by atoms with Crippen molar-refractivity contribution in [1.29, 1.82) is 0 Å². The van der Waals surface area contributed by atoms with Gasteiger partial charge in [0.1, 0.15) is 0 Å². The lowest BCUT2D eigenvalue weighted by atomic mass is 10.1. The average Bonchev–Trinajstić information content (AvgIpc) is 2.60. The maximum absolute atomic E-state index is 12.4. The lowest BCUT2D eigenvalue weighted by Crippen LogP contribution is -2.27. The number of azide groups is 2. The molecule has 10 nitrogen and oxygen atoms in total. The number of benzene rings is 1. The second-order valence-corrected chi connectivity index (χ2v) is 4.79. The number of hydrogen-bond donors (Lipinski definition) is 1. The average molecular weight is 323 g/mol. The van der Waals surface area contributed by atoms with Gasteiger partial charge in [-0.15, -0.1) is 0 Å². The van der Waals surface area contributed by atoms with Crippen LogP contribution in [0.4, 0.5) is 5.69 Å². The SMILES string of the molecule is C[C@H](NC(=O)c1cc(CN=[N+]=[N-])cc(N=[N+]=[N-])c1)c1cnccn1. The van der Waals surface area contributed by atoms with Crippen molar-refractivity contribution in [1.82, 2.24) is 15.3 Å². The first-order valence-corrected chi connectivity index (χ1v) is 6.90. The van der Waals surface area contributed by atoms with Gasteiger partial charge in [-0.1, -0.05) is 10.2 Å². The smallest absolute Gasteiger partial charge is 0.251 e. The fraction of sp³-hybridized carbons (Fsp3) is 0.214. The highest BCUT2D eigenvalue weighted by Gasteiger charge is 2.14. The van der Waals surface area contributed by atoms with Crippen LogP contribution in [0.25, 0.3) is 20.9 Å². The van der Waals surface area contributed by atoms with E-state index in [4.69, 9.17) is 11.1 Å². The van der Waals surface area contributed by atoms with Crippen molar-refractivity contribution in [2.45, 2.75) is 19.5 Å². The van der Waals surface area contributed by atoms with Crippen LogP contribution in [0.3, 0.4) is 0 Å². The third-order valence-electron chi connectivity index (χ3n) is 3.09. The van der Waals surface area contributed by atoms with Crippen molar-refractivity contribution < 1.29 is 4.79 Å². The molecule has 1 N–H and O–H groups in total. The number of amides is 1. The number of rotatable bonds is 6. The molecule has 0 saturated carbocycles. The third-order valence-corrected chi connectivity index (χ3v) is 3.09. The minimum atomic E-state index is -0.370. The number of carbonyl (C=O) groups excluding carboxylic acids is 1. The molecule has 0 saturated heterocycles. The maximum atomic E-state index is 12.4. The first-order chi connectivity index (χ1) is 11.6. The van der Waals surface area contributed by atoms with E-state index in [0.717, 1.165) is 0 Å². The highest BCUT2D eigenvalue weighted by Crippen LogP contribution is 2.20. The number of nitrogens with zero attached hydrogens (tertiary/aromatic N) is 8. The summed E-state index contributed by atoms with van der Waals surface area (Å²) in [7, 11) is 0. The molecule has 0 spiro atoms. The Kier molecular flexibility index (Phi) is 5.68. The summed E-state index contributed by atoms with van der Waals surface area (Å²) in [5, 5.41) is 9.73. The molecule has 1 aromatic carbocycles. The summed E-state index contributed by atoms with van der Waals surface area (Å²) in [6.45, 7) is 1.82. The zero-order valence-corrected chi connectivity index (χ0v) is 12.7. The van der Waals surface area contributed by atoms with E-state index in [2.05, 4.69) is 35.3 Å². The minimum absolute atomic E-state index is 0.0469. The Hall–Kier alpha value is -3.61. The van der Waals surface area contributed by atoms with E-state index in [-0.39, 0.29) is 24.2 Å². The molecule has 24 heavy (non-hydrogen) atoms. The standard InChI is InChI=1S/C14H13N9O/c1-9(13-8-17-2-3-18-13)20-14(24)11-4-10(7-19-22-15)5-12(6-11)21-23-16/h2-6,8-9H,7H2,1H3,(H,20,24)/t9-/m0/s1. The van der Waals surface area contributed by atoms with Gasteiger partial charge in [-0.3, -0.25) is 14.8 Å². The molecule has 1 heterocycles. The van der Waals surface area contributed by atoms with E-state index in [0.29, 0.717) is 16.8 Å². The highest BCUT2D eigenvalue weighted by molar-refractivity contribution is 5.95.